The molecule has 0 saturated carbocycles. The topological polar surface area (TPSA) is 139 Å². The van der Waals surface area contributed by atoms with E-state index >= 15 is 0 Å². The fourth-order valence-corrected chi connectivity index (χ4v) is 7.14. The molecule has 0 radical (unpaired) electrons. The SMILES string of the molecule is CCC(O)CCCCCCCCCCCC(CCC(=O)[O-])OCc1ccccc1.CCC(O)CCCCCCCCCCCC(CCC(=O)[O-])OCc1ccccc1.[Ba+2]. The number of hydrogen-bond donors (Lipinski definition) is 2. The molecule has 0 amide bonds. The first-order valence-corrected chi connectivity index (χ1v) is 23.3. The number of aliphatic carboxylic acids is 2. The van der Waals surface area contributed by atoms with Gasteiger partial charge in [-0.2, -0.15) is 0 Å². The van der Waals surface area contributed by atoms with E-state index in [0.717, 1.165) is 75.3 Å². The molecule has 0 aliphatic heterocycles. The van der Waals surface area contributed by atoms with Crippen LogP contribution >= 0.6 is 0 Å². The van der Waals surface area contributed by atoms with Crippen molar-refractivity contribution >= 4 is 60.8 Å². The van der Waals surface area contributed by atoms with Crippen molar-refractivity contribution in [3.8, 4) is 0 Å². The Morgan fingerprint density at radius 2 is 0.729 bits per heavy atom. The smallest absolute Gasteiger partial charge is 0.550 e. The molecule has 2 aromatic carbocycles. The fourth-order valence-electron chi connectivity index (χ4n) is 7.14. The van der Waals surface area contributed by atoms with E-state index in [4.69, 9.17) is 9.47 Å². The Morgan fingerprint density at radius 3 is 1.00 bits per heavy atom. The maximum absolute atomic E-state index is 10.8. The van der Waals surface area contributed by atoms with Crippen molar-refractivity contribution in [2.75, 3.05) is 0 Å². The summed E-state index contributed by atoms with van der Waals surface area (Å²) >= 11 is 0. The van der Waals surface area contributed by atoms with Crippen LogP contribution in [0, 0.1) is 0 Å². The van der Waals surface area contributed by atoms with Gasteiger partial charge in [-0.1, -0.05) is 190 Å². The summed E-state index contributed by atoms with van der Waals surface area (Å²) in [6.45, 7) is 5.14. The molecule has 4 unspecified atom stereocenters. The molecule has 2 rings (SSSR count). The summed E-state index contributed by atoms with van der Waals surface area (Å²) in [5, 5.41) is 40.6. The quantitative estimate of drug-likeness (QED) is 0.0501. The van der Waals surface area contributed by atoms with Crippen molar-refractivity contribution in [3.63, 3.8) is 0 Å². The van der Waals surface area contributed by atoms with Gasteiger partial charge in [-0.25, -0.2) is 0 Å². The van der Waals surface area contributed by atoms with Crippen LogP contribution in [-0.4, -0.2) is 95.4 Å². The third-order valence-corrected chi connectivity index (χ3v) is 11.1. The van der Waals surface area contributed by atoms with Gasteiger partial charge in [-0.3, -0.25) is 0 Å². The normalized spacial score (nSPS) is 13.1. The molecule has 0 aromatic heterocycles. The van der Waals surface area contributed by atoms with E-state index in [1.54, 1.807) is 0 Å². The summed E-state index contributed by atoms with van der Waals surface area (Å²) in [7, 11) is 0. The minimum atomic E-state index is -0.998. The number of carbonyl (C=O) groups excluding carboxylic acids is 2. The summed E-state index contributed by atoms with van der Waals surface area (Å²) in [5.74, 6) is -2.00. The van der Waals surface area contributed by atoms with Crippen LogP contribution in [-0.2, 0) is 32.3 Å². The number of aliphatic hydroxyl groups excluding tert-OH is 2. The molecule has 8 nitrogen and oxygen atoms in total. The number of carbonyl (C=O) groups is 2. The van der Waals surface area contributed by atoms with Gasteiger partial charge in [0.15, 0.2) is 0 Å². The minimum Gasteiger partial charge on any atom is -0.550 e. The maximum Gasteiger partial charge on any atom is 2.00 e. The number of carboxylic acid groups (broad SMARTS) is 2. The van der Waals surface area contributed by atoms with E-state index < -0.39 is 11.9 Å². The Bertz CT molecular complexity index is 1110. The molecule has 2 aromatic rings. The first kappa shape index (κ1) is 57.8. The summed E-state index contributed by atoms with van der Waals surface area (Å²) in [6.07, 6.45) is 28.4. The molecule has 2 N–H and O–H groups in total. The van der Waals surface area contributed by atoms with Crippen LogP contribution in [0.5, 0.6) is 0 Å². The van der Waals surface area contributed by atoms with Crippen molar-refractivity contribution in [2.24, 2.45) is 0 Å². The van der Waals surface area contributed by atoms with E-state index in [1.807, 2.05) is 74.5 Å². The Balaban J connectivity index is 0.00000112. The molecule has 9 heteroatoms. The molecule has 0 aliphatic carbocycles. The monoisotopic (exact) mass is 949 g/mol. The number of ether oxygens (including phenoxy) is 2. The number of carboxylic acids is 2. The second-order valence-corrected chi connectivity index (χ2v) is 16.3. The van der Waals surface area contributed by atoms with Gasteiger partial charge in [-0.15, -0.1) is 0 Å². The van der Waals surface area contributed by atoms with Gasteiger partial charge in [0, 0.05) is 11.9 Å². The third-order valence-electron chi connectivity index (χ3n) is 11.1. The maximum atomic E-state index is 10.8. The molecule has 332 valence electrons. The van der Waals surface area contributed by atoms with Crippen molar-refractivity contribution in [3.05, 3.63) is 71.8 Å². The molecule has 0 spiro atoms. The standard InChI is InChI=1S/2C25H42O4.Ba/c2*1-2-23(26)17-13-8-6-4-3-5-7-9-14-18-24(19-20-25(27)28)29-21-22-15-11-10-12-16-22;/h2*10-12,15-16,23-24,26H,2-9,13-14,17-21H2,1H3,(H,27,28);/q;;+2/p-2. The van der Waals surface area contributed by atoms with Crippen LogP contribution in [0.4, 0.5) is 0 Å². The average Bonchev–Trinajstić information content (AvgIpc) is 3.23. The van der Waals surface area contributed by atoms with Gasteiger partial charge in [0.1, 0.15) is 0 Å². The molecule has 0 saturated heterocycles. The second kappa shape index (κ2) is 42.1. The van der Waals surface area contributed by atoms with Crippen LogP contribution in [0.2, 0.25) is 0 Å². The zero-order valence-electron chi connectivity index (χ0n) is 37.3. The Labute approximate surface area is 400 Å². The van der Waals surface area contributed by atoms with Gasteiger partial charge in [0.05, 0.1) is 37.6 Å². The van der Waals surface area contributed by atoms with Crippen LogP contribution < -0.4 is 10.2 Å². The van der Waals surface area contributed by atoms with E-state index in [0.29, 0.717) is 26.1 Å². The number of benzene rings is 2. The van der Waals surface area contributed by atoms with Crippen molar-refractivity contribution in [1.29, 1.82) is 0 Å². The zero-order valence-corrected chi connectivity index (χ0v) is 41.8. The predicted molar refractivity (Wildman–Crippen MR) is 238 cm³/mol. The number of unbranched alkanes of at least 4 members (excludes halogenated alkanes) is 16. The Morgan fingerprint density at radius 1 is 0.458 bits per heavy atom. The average molecular weight is 949 g/mol. The molecule has 0 bridgehead atoms. The van der Waals surface area contributed by atoms with E-state index in [1.165, 1.54) is 89.9 Å². The van der Waals surface area contributed by atoms with Gasteiger partial charge in [-0.05, 0) is 75.3 Å². The summed E-state index contributed by atoms with van der Waals surface area (Å²) in [4.78, 5) is 21.6. The Kier molecular flexibility index (Phi) is 41.2. The van der Waals surface area contributed by atoms with E-state index in [9.17, 15) is 30.0 Å². The second-order valence-electron chi connectivity index (χ2n) is 16.3. The van der Waals surface area contributed by atoms with Crippen LogP contribution in [0.15, 0.2) is 60.7 Å². The first-order valence-electron chi connectivity index (χ1n) is 23.3. The van der Waals surface area contributed by atoms with Gasteiger partial charge < -0.3 is 39.5 Å². The largest absolute Gasteiger partial charge is 2.00 e. The molecule has 59 heavy (non-hydrogen) atoms. The van der Waals surface area contributed by atoms with Crippen LogP contribution in [0.3, 0.4) is 0 Å². The van der Waals surface area contributed by atoms with Gasteiger partial charge in [0.25, 0.3) is 0 Å². The fraction of sp³-hybridized carbons (Fsp3) is 0.720. The van der Waals surface area contributed by atoms with Gasteiger partial charge in [0.2, 0.25) is 0 Å². The van der Waals surface area contributed by atoms with Crippen molar-refractivity contribution in [1.82, 2.24) is 0 Å². The van der Waals surface area contributed by atoms with Crippen LogP contribution in [0.25, 0.3) is 0 Å². The molecule has 0 aliphatic rings. The number of aliphatic hydroxyl groups is 2. The van der Waals surface area contributed by atoms with E-state index in [-0.39, 0.29) is 86.1 Å². The molecule has 0 heterocycles. The zero-order chi connectivity index (χ0) is 42.3. The third kappa shape index (κ3) is 38.2. The summed E-state index contributed by atoms with van der Waals surface area (Å²) < 4.78 is 12.0. The van der Waals surface area contributed by atoms with Crippen molar-refractivity contribution in [2.45, 2.75) is 231 Å². The minimum absolute atomic E-state index is 0. The molecule has 4 atom stereocenters. The van der Waals surface area contributed by atoms with Gasteiger partial charge >= 0.3 is 48.9 Å². The summed E-state index contributed by atoms with van der Waals surface area (Å²) in [6, 6.07) is 20.0. The number of hydrogen-bond acceptors (Lipinski definition) is 8. The summed E-state index contributed by atoms with van der Waals surface area (Å²) in [5.41, 5.74) is 2.24. The molecular weight excluding hydrogens is 866 g/mol. The van der Waals surface area contributed by atoms with Crippen molar-refractivity contribution < 1.29 is 39.5 Å². The predicted octanol–water partition coefficient (Wildman–Crippen LogP) is 9.95. The van der Waals surface area contributed by atoms with Crippen LogP contribution in [0.1, 0.15) is 205 Å². The Hall–Kier alpha value is -1.21. The number of rotatable bonds is 38. The molecular formula is C50H82BaO8. The molecule has 0 fully saturated rings. The first-order chi connectivity index (χ1) is 28.2. The van der Waals surface area contributed by atoms with E-state index in [2.05, 4.69) is 0 Å².